The van der Waals surface area contributed by atoms with Crippen molar-refractivity contribution in [1.29, 1.82) is 0 Å². The highest BCUT2D eigenvalue weighted by Gasteiger charge is 2.30. The van der Waals surface area contributed by atoms with Crippen LogP contribution in [0.15, 0.2) is 28.7 Å². The Hall–Kier alpha value is -0.380. The number of piperazine rings is 1. The van der Waals surface area contributed by atoms with Crippen LogP contribution in [0, 0.1) is 0 Å². The molecule has 1 aliphatic heterocycles. The second-order valence-electron chi connectivity index (χ2n) is 4.78. The molecule has 0 aliphatic carbocycles. The number of halogens is 1. The van der Waals surface area contributed by atoms with E-state index in [4.69, 9.17) is 0 Å². The lowest BCUT2D eigenvalue weighted by Crippen LogP contribution is -2.51. The Morgan fingerprint density at radius 1 is 1.19 bits per heavy atom. The first kappa shape index (κ1) is 12.1. The van der Waals surface area contributed by atoms with Crippen molar-refractivity contribution in [3.63, 3.8) is 0 Å². The topological polar surface area (TPSA) is 15.3 Å². The molecule has 2 rings (SSSR count). The van der Waals surface area contributed by atoms with Gasteiger partial charge in [-0.05, 0) is 25.5 Å². The molecule has 1 saturated heterocycles. The fraction of sp³-hybridized carbons (Fsp3) is 0.538. The zero-order valence-corrected chi connectivity index (χ0v) is 11.5. The van der Waals surface area contributed by atoms with Gasteiger partial charge in [-0.15, -0.1) is 0 Å². The van der Waals surface area contributed by atoms with Crippen molar-refractivity contribution in [3.8, 4) is 0 Å². The van der Waals surface area contributed by atoms with Gasteiger partial charge in [-0.25, -0.2) is 0 Å². The Kier molecular flexibility index (Phi) is 3.67. The molecule has 0 spiro atoms. The lowest BCUT2D eigenvalue weighted by Gasteiger charge is -2.42. The third-order valence-corrected chi connectivity index (χ3v) is 4.13. The minimum Gasteiger partial charge on any atom is -0.314 e. The molecule has 0 saturated carbocycles. The van der Waals surface area contributed by atoms with Gasteiger partial charge < -0.3 is 5.32 Å². The first-order chi connectivity index (χ1) is 7.62. The molecule has 1 fully saturated rings. The average molecular weight is 283 g/mol. The molecule has 1 N–H and O–H groups in total. The van der Waals surface area contributed by atoms with Crippen LogP contribution < -0.4 is 5.32 Å². The monoisotopic (exact) mass is 282 g/mol. The molecule has 0 atom stereocenters. The fourth-order valence-electron chi connectivity index (χ4n) is 2.35. The van der Waals surface area contributed by atoms with Crippen LogP contribution in [0.25, 0.3) is 0 Å². The maximum Gasteiger partial charge on any atom is 0.0416 e. The van der Waals surface area contributed by atoms with Gasteiger partial charge in [0.1, 0.15) is 0 Å². The third kappa shape index (κ3) is 2.31. The zero-order valence-electron chi connectivity index (χ0n) is 9.96. The minimum absolute atomic E-state index is 0.0994. The number of benzene rings is 1. The molecule has 1 aliphatic rings. The van der Waals surface area contributed by atoms with Crippen LogP contribution >= 0.6 is 15.9 Å². The third-order valence-electron chi connectivity index (χ3n) is 3.44. The van der Waals surface area contributed by atoms with E-state index in [1.165, 1.54) is 10.0 Å². The summed E-state index contributed by atoms with van der Waals surface area (Å²) in [5.41, 5.74) is 1.47. The summed E-state index contributed by atoms with van der Waals surface area (Å²) in [4.78, 5) is 2.55. The maximum atomic E-state index is 3.66. The van der Waals surface area contributed by atoms with Crippen molar-refractivity contribution in [2.45, 2.75) is 19.4 Å². The van der Waals surface area contributed by atoms with Gasteiger partial charge in [0.15, 0.2) is 0 Å². The van der Waals surface area contributed by atoms with E-state index >= 15 is 0 Å². The lowest BCUT2D eigenvalue weighted by atomic mass is 9.91. The summed E-state index contributed by atoms with van der Waals surface area (Å²) in [5.74, 6) is 0. The molecule has 1 aromatic rings. The highest BCUT2D eigenvalue weighted by molar-refractivity contribution is 9.10. The molecule has 2 nitrogen and oxygen atoms in total. The average Bonchev–Trinajstić information content (AvgIpc) is 2.30. The largest absolute Gasteiger partial charge is 0.314 e. The van der Waals surface area contributed by atoms with Gasteiger partial charge >= 0.3 is 0 Å². The van der Waals surface area contributed by atoms with Crippen molar-refractivity contribution in [2.75, 3.05) is 26.2 Å². The van der Waals surface area contributed by atoms with Crippen molar-refractivity contribution in [1.82, 2.24) is 10.2 Å². The van der Waals surface area contributed by atoms with Crippen LogP contribution in [0.3, 0.4) is 0 Å². The van der Waals surface area contributed by atoms with Crippen molar-refractivity contribution >= 4 is 15.9 Å². The van der Waals surface area contributed by atoms with Gasteiger partial charge in [0.2, 0.25) is 0 Å². The van der Waals surface area contributed by atoms with E-state index in [0.717, 1.165) is 26.2 Å². The van der Waals surface area contributed by atoms with Crippen LogP contribution in [0.5, 0.6) is 0 Å². The van der Waals surface area contributed by atoms with Crippen molar-refractivity contribution in [3.05, 3.63) is 34.3 Å². The molecule has 1 aromatic carbocycles. The summed E-state index contributed by atoms with van der Waals surface area (Å²) in [6, 6.07) is 8.52. The smallest absolute Gasteiger partial charge is 0.0416 e. The van der Waals surface area contributed by atoms with Crippen LogP contribution in [0.4, 0.5) is 0 Å². The molecule has 16 heavy (non-hydrogen) atoms. The molecule has 0 amide bonds. The van der Waals surface area contributed by atoms with Crippen LogP contribution in [-0.4, -0.2) is 31.1 Å². The number of hydrogen-bond donors (Lipinski definition) is 1. The summed E-state index contributed by atoms with van der Waals surface area (Å²) in [6.07, 6.45) is 0. The minimum atomic E-state index is 0.0994. The predicted octanol–water partition coefficient (Wildman–Crippen LogP) is 2.59. The molecule has 88 valence electrons. The Morgan fingerprint density at radius 3 is 2.44 bits per heavy atom. The number of rotatable bonds is 2. The van der Waals surface area contributed by atoms with E-state index < -0.39 is 0 Å². The SMILES string of the molecule is CC(C)(c1ccccc1Br)N1CCNCC1. The second kappa shape index (κ2) is 4.86. The fourth-order valence-corrected chi connectivity index (χ4v) is 3.12. The van der Waals surface area contributed by atoms with Crippen LogP contribution in [0.1, 0.15) is 19.4 Å². The van der Waals surface area contributed by atoms with Crippen molar-refractivity contribution < 1.29 is 0 Å². The molecule has 0 radical (unpaired) electrons. The van der Waals surface area contributed by atoms with Gasteiger partial charge in [0, 0.05) is 36.2 Å². The Bertz CT molecular complexity index is 357. The second-order valence-corrected chi connectivity index (χ2v) is 5.63. The Morgan fingerprint density at radius 2 is 1.81 bits per heavy atom. The van der Waals surface area contributed by atoms with Gasteiger partial charge in [-0.1, -0.05) is 34.1 Å². The van der Waals surface area contributed by atoms with Gasteiger partial charge in [0.25, 0.3) is 0 Å². The highest BCUT2D eigenvalue weighted by Crippen LogP contribution is 2.33. The normalized spacial score (nSPS) is 18.7. The Balaban J connectivity index is 2.26. The van der Waals surface area contributed by atoms with Gasteiger partial charge in [-0.2, -0.15) is 0 Å². The summed E-state index contributed by atoms with van der Waals surface area (Å²) >= 11 is 3.66. The molecule has 0 aromatic heterocycles. The molecule has 0 unspecified atom stereocenters. The van der Waals surface area contributed by atoms with Gasteiger partial charge in [-0.3, -0.25) is 4.90 Å². The van der Waals surface area contributed by atoms with E-state index in [-0.39, 0.29) is 5.54 Å². The first-order valence-corrected chi connectivity index (χ1v) is 6.62. The number of hydrogen-bond acceptors (Lipinski definition) is 2. The molecule has 3 heteroatoms. The van der Waals surface area contributed by atoms with E-state index in [1.807, 2.05) is 0 Å². The molecular weight excluding hydrogens is 264 g/mol. The summed E-state index contributed by atoms with van der Waals surface area (Å²) < 4.78 is 1.21. The quantitative estimate of drug-likeness (QED) is 0.897. The van der Waals surface area contributed by atoms with Gasteiger partial charge in [0.05, 0.1) is 0 Å². The molecule has 0 bridgehead atoms. The predicted molar refractivity (Wildman–Crippen MR) is 71.6 cm³/mol. The highest BCUT2D eigenvalue weighted by atomic mass is 79.9. The summed E-state index contributed by atoms with van der Waals surface area (Å²) in [6.45, 7) is 9.03. The molecule has 1 heterocycles. The summed E-state index contributed by atoms with van der Waals surface area (Å²) in [5, 5.41) is 3.40. The Labute approximate surface area is 106 Å². The number of nitrogens with one attached hydrogen (secondary N) is 1. The maximum absolute atomic E-state index is 3.66. The lowest BCUT2D eigenvalue weighted by molar-refractivity contribution is 0.102. The van der Waals surface area contributed by atoms with E-state index in [2.05, 4.69) is 64.3 Å². The standard InChI is InChI=1S/C13H19BrN2/c1-13(2,16-9-7-15-8-10-16)11-5-3-4-6-12(11)14/h3-6,15H,7-10H2,1-2H3. The van der Waals surface area contributed by atoms with Crippen LogP contribution in [0.2, 0.25) is 0 Å². The van der Waals surface area contributed by atoms with E-state index in [9.17, 15) is 0 Å². The van der Waals surface area contributed by atoms with Crippen molar-refractivity contribution in [2.24, 2.45) is 0 Å². The van der Waals surface area contributed by atoms with E-state index in [0.29, 0.717) is 0 Å². The van der Waals surface area contributed by atoms with E-state index in [1.54, 1.807) is 0 Å². The number of nitrogens with zero attached hydrogens (tertiary/aromatic N) is 1. The molecular formula is C13H19BrN2. The zero-order chi connectivity index (χ0) is 11.6. The first-order valence-electron chi connectivity index (χ1n) is 5.83. The summed E-state index contributed by atoms with van der Waals surface area (Å²) in [7, 11) is 0. The van der Waals surface area contributed by atoms with Crippen LogP contribution in [-0.2, 0) is 5.54 Å².